The summed E-state index contributed by atoms with van der Waals surface area (Å²) in [4.78, 5) is 19.5. The summed E-state index contributed by atoms with van der Waals surface area (Å²) in [7, 11) is 0. The molecule has 0 amide bonds. The first-order valence-corrected chi connectivity index (χ1v) is 13.1. The van der Waals surface area contributed by atoms with Crippen molar-refractivity contribution in [2.24, 2.45) is 0 Å². The molecule has 7 rings (SSSR count). The Kier molecular flexibility index (Phi) is 7.55. The number of rotatable bonds is 5. The molecule has 0 saturated carbocycles. The van der Waals surface area contributed by atoms with Gasteiger partial charge in [-0.15, -0.1) is 29.8 Å². The van der Waals surface area contributed by atoms with Crippen molar-refractivity contribution in [1.82, 2.24) is 19.9 Å². The second kappa shape index (κ2) is 11.7. The number of benzene rings is 5. The monoisotopic (exact) mass is 704 g/mol. The van der Waals surface area contributed by atoms with Gasteiger partial charge in [-0.3, -0.25) is 0 Å². The van der Waals surface area contributed by atoms with Gasteiger partial charge in [-0.05, 0) is 33.7 Å². The molecule has 0 fully saturated rings. The molecule has 0 N–H and O–H groups in total. The number of hydrogen-bond donors (Lipinski definition) is 0. The van der Waals surface area contributed by atoms with Gasteiger partial charge in [-0.2, -0.15) is 0 Å². The third-order valence-corrected chi connectivity index (χ3v) is 6.86. The van der Waals surface area contributed by atoms with Crippen LogP contribution in [0.15, 0.2) is 140 Å². The van der Waals surface area contributed by atoms with E-state index in [0.29, 0.717) is 17.5 Å². The first kappa shape index (κ1) is 26.4. The van der Waals surface area contributed by atoms with Crippen molar-refractivity contribution in [1.29, 1.82) is 0 Å². The minimum absolute atomic E-state index is 0. The summed E-state index contributed by atoms with van der Waals surface area (Å²) in [6.45, 7) is 0. The summed E-state index contributed by atoms with van der Waals surface area (Å²) >= 11 is 0. The Labute approximate surface area is 252 Å². The number of aromatic nitrogens is 4. The molecule has 0 unspecified atom stereocenters. The smallest absolute Gasteiger partial charge is 0.164 e. The van der Waals surface area contributed by atoms with Gasteiger partial charge in [0, 0.05) is 37.4 Å². The summed E-state index contributed by atoms with van der Waals surface area (Å²) in [5.74, 6) is 1.86. The molecule has 41 heavy (non-hydrogen) atoms. The van der Waals surface area contributed by atoms with Crippen molar-refractivity contribution < 1.29 is 20.1 Å². The molecule has 0 aliphatic rings. The molecule has 1 radical (unpaired) electrons. The molecule has 2 aromatic heterocycles. The SMILES string of the molecule is [Ir].[c-]1ccc(-c2nc(-c3ccccc3)nc(-c3cccc(-c4ccccc4)c3)n2)cc1-c1cc2ccccc2cn1. The first-order valence-electron chi connectivity index (χ1n) is 13.1. The molecule has 5 heteroatoms. The normalized spacial score (nSPS) is 10.7. The molecule has 197 valence electrons. The van der Waals surface area contributed by atoms with Crippen molar-refractivity contribution >= 4 is 10.8 Å². The minimum Gasteiger partial charge on any atom is -0.304 e. The van der Waals surface area contributed by atoms with Gasteiger partial charge in [0.25, 0.3) is 0 Å². The minimum atomic E-state index is 0. The maximum atomic E-state index is 4.96. The predicted octanol–water partition coefficient (Wildman–Crippen LogP) is 8.55. The number of nitrogens with zero attached hydrogens (tertiary/aromatic N) is 4. The van der Waals surface area contributed by atoms with Crippen LogP contribution >= 0.6 is 0 Å². The number of hydrogen-bond acceptors (Lipinski definition) is 4. The topological polar surface area (TPSA) is 51.6 Å². The molecule has 4 nitrogen and oxygen atoms in total. The standard InChI is InChI=1S/C36H23N4.Ir/c1-3-11-25(12-4-1)27-17-9-19-30(21-27)35-38-34(26-13-5-2-6-14-26)39-36(40-35)31-20-10-18-29(22-31)33-23-28-15-7-8-16-32(28)24-37-33;/h1-17,19-24H;/q-1;. The second-order valence-corrected chi connectivity index (χ2v) is 9.53. The van der Waals surface area contributed by atoms with Gasteiger partial charge in [0.1, 0.15) is 5.82 Å². The summed E-state index contributed by atoms with van der Waals surface area (Å²) in [6, 6.07) is 48.3. The van der Waals surface area contributed by atoms with E-state index >= 15 is 0 Å². The molecule has 0 aliphatic carbocycles. The molecular formula is C36H23IrN4-. The van der Waals surface area contributed by atoms with E-state index in [1.165, 1.54) is 0 Å². The van der Waals surface area contributed by atoms with Crippen LogP contribution in [0.2, 0.25) is 0 Å². The zero-order valence-electron chi connectivity index (χ0n) is 21.9. The molecule has 0 aliphatic heterocycles. The van der Waals surface area contributed by atoms with Crippen LogP contribution in [0.1, 0.15) is 0 Å². The van der Waals surface area contributed by atoms with Crippen molar-refractivity contribution in [3.05, 3.63) is 146 Å². The van der Waals surface area contributed by atoms with Gasteiger partial charge in [-0.25, -0.2) is 15.0 Å². The van der Waals surface area contributed by atoms with E-state index in [9.17, 15) is 0 Å². The van der Waals surface area contributed by atoms with E-state index in [1.807, 2.05) is 97.2 Å². The largest absolute Gasteiger partial charge is 0.304 e. The summed E-state index contributed by atoms with van der Waals surface area (Å²) in [5.41, 5.74) is 6.75. The van der Waals surface area contributed by atoms with Gasteiger partial charge in [0.2, 0.25) is 0 Å². The van der Waals surface area contributed by atoms with Crippen LogP contribution in [0, 0.1) is 6.07 Å². The quantitative estimate of drug-likeness (QED) is 0.169. The fourth-order valence-corrected chi connectivity index (χ4v) is 4.80. The van der Waals surface area contributed by atoms with E-state index in [4.69, 9.17) is 19.9 Å². The van der Waals surface area contributed by atoms with Crippen LogP contribution < -0.4 is 0 Å². The van der Waals surface area contributed by atoms with Crippen LogP contribution in [0.4, 0.5) is 0 Å². The molecule has 2 heterocycles. The molecule has 0 bridgehead atoms. The Morgan fingerprint density at radius 2 is 1.00 bits per heavy atom. The maximum Gasteiger partial charge on any atom is 0.164 e. The Balaban J connectivity index is 0.00000302. The van der Waals surface area contributed by atoms with Crippen LogP contribution in [-0.4, -0.2) is 19.9 Å². The van der Waals surface area contributed by atoms with Gasteiger partial charge in [-0.1, -0.05) is 115 Å². The van der Waals surface area contributed by atoms with Gasteiger partial charge in [0.15, 0.2) is 11.6 Å². The van der Waals surface area contributed by atoms with Crippen LogP contribution in [0.3, 0.4) is 0 Å². The van der Waals surface area contributed by atoms with Crippen LogP contribution in [-0.2, 0) is 20.1 Å². The third-order valence-electron chi connectivity index (χ3n) is 6.86. The number of fused-ring (bicyclic) bond motifs is 1. The van der Waals surface area contributed by atoms with E-state index < -0.39 is 0 Å². The average Bonchev–Trinajstić information content (AvgIpc) is 3.05. The fourth-order valence-electron chi connectivity index (χ4n) is 4.80. The molecule has 0 saturated heterocycles. The molecule has 5 aromatic carbocycles. The fraction of sp³-hybridized carbons (Fsp3) is 0. The van der Waals surface area contributed by atoms with Gasteiger partial charge in [0.05, 0.1) is 0 Å². The van der Waals surface area contributed by atoms with Crippen molar-refractivity contribution in [3.63, 3.8) is 0 Å². The van der Waals surface area contributed by atoms with Crippen molar-refractivity contribution in [2.75, 3.05) is 0 Å². The Morgan fingerprint density at radius 3 is 1.73 bits per heavy atom. The van der Waals surface area contributed by atoms with Crippen LogP contribution in [0.5, 0.6) is 0 Å². The van der Waals surface area contributed by atoms with Gasteiger partial charge >= 0.3 is 0 Å². The maximum absolute atomic E-state index is 4.96. The first-order chi connectivity index (χ1) is 19.8. The predicted molar refractivity (Wildman–Crippen MR) is 161 cm³/mol. The molecule has 0 atom stereocenters. The van der Waals surface area contributed by atoms with Gasteiger partial charge < -0.3 is 4.98 Å². The zero-order chi connectivity index (χ0) is 26.7. The summed E-state index contributed by atoms with van der Waals surface area (Å²) in [6.07, 6.45) is 1.90. The number of pyridine rings is 1. The van der Waals surface area contributed by atoms with E-state index in [2.05, 4.69) is 48.5 Å². The van der Waals surface area contributed by atoms with E-state index in [1.54, 1.807) is 0 Å². The Morgan fingerprint density at radius 1 is 0.439 bits per heavy atom. The molecule has 0 spiro atoms. The second-order valence-electron chi connectivity index (χ2n) is 9.53. The summed E-state index contributed by atoms with van der Waals surface area (Å²) in [5, 5.41) is 2.24. The van der Waals surface area contributed by atoms with Crippen molar-refractivity contribution in [3.8, 4) is 56.5 Å². The molecule has 7 aromatic rings. The van der Waals surface area contributed by atoms with Crippen molar-refractivity contribution in [2.45, 2.75) is 0 Å². The average molecular weight is 704 g/mol. The van der Waals surface area contributed by atoms with E-state index in [-0.39, 0.29) is 20.1 Å². The Hall–Kier alpha value is -4.83. The van der Waals surface area contributed by atoms with E-state index in [0.717, 1.165) is 49.8 Å². The van der Waals surface area contributed by atoms with Crippen LogP contribution in [0.25, 0.3) is 67.3 Å². The third kappa shape index (κ3) is 5.59. The Bertz CT molecular complexity index is 1960. The molecular weight excluding hydrogens is 681 g/mol. The summed E-state index contributed by atoms with van der Waals surface area (Å²) < 4.78 is 0. The zero-order valence-corrected chi connectivity index (χ0v) is 24.3.